The molecule has 5 heteroatoms. The van der Waals surface area contributed by atoms with Crippen molar-refractivity contribution < 1.29 is 4.79 Å². The molecule has 1 amide bonds. The number of halogens is 2. The zero-order valence-corrected chi connectivity index (χ0v) is 15.4. The summed E-state index contributed by atoms with van der Waals surface area (Å²) >= 11 is 9.30. The maximum Gasteiger partial charge on any atom is 0.225 e. The summed E-state index contributed by atoms with van der Waals surface area (Å²) in [4.78, 5) is 11.9. The standard InChI is InChI=1S/C18H20BrClN2O/c1-13-12-16(6-7-17(13)19)22-18(23)9-11-21-10-8-14-2-4-15(20)5-3-14/h2-7,12,21H,8-11H2,1H3,(H,22,23). The lowest BCUT2D eigenvalue weighted by molar-refractivity contribution is -0.116. The number of carbonyl (C=O) groups is 1. The van der Waals surface area contributed by atoms with Crippen LogP contribution in [-0.4, -0.2) is 19.0 Å². The van der Waals surface area contributed by atoms with E-state index in [0.717, 1.165) is 33.7 Å². The Morgan fingerprint density at radius 3 is 2.57 bits per heavy atom. The topological polar surface area (TPSA) is 41.1 Å². The number of aryl methyl sites for hydroxylation is 1. The summed E-state index contributed by atoms with van der Waals surface area (Å²) in [6, 6.07) is 13.6. The van der Waals surface area contributed by atoms with Crippen LogP contribution in [0.2, 0.25) is 5.02 Å². The van der Waals surface area contributed by atoms with Crippen LogP contribution in [0.4, 0.5) is 5.69 Å². The second-order valence-corrected chi connectivity index (χ2v) is 6.68. The summed E-state index contributed by atoms with van der Waals surface area (Å²) in [7, 11) is 0. The molecule has 23 heavy (non-hydrogen) atoms. The average Bonchev–Trinajstić information content (AvgIpc) is 2.52. The first-order chi connectivity index (χ1) is 11.0. The Kier molecular flexibility index (Phi) is 7.09. The van der Waals surface area contributed by atoms with Crippen molar-refractivity contribution in [2.24, 2.45) is 0 Å². The van der Waals surface area contributed by atoms with E-state index < -0.39 is 0 Å². The quantitative estimate of drug-likeness (QED) is 0.674. The van der Waals surface area contributed by atoms with Gasteiger partial charge in [0.25, 0.3) is 0 Å². The highest BCUT2D eigenvalue weighted by Crippen LogP contribution is 2.20. The van der Waals surface area contributed by atoms with Crippen LogP contribution in [0.3, 0.4) is 0 Å². The van der Waals surface area contributed by atoms with Gasteiger partial charge in [0, 0.05) is 28.1 Å². The summed E-state index contributed by atoms with van der Waals surface area (Å²) in [5, 5.41) is 6.95. The molecule has 0 saturated carbocycles. The van der Waals surface area contributed by atoms with E-state index in [1.165, 1.54) is 5.56 Å². The van der Waals surface area contributed by atoms with Crippen molar-refractivity contribution in [3.63, 3.8) is 0 Å². The van der Waals surface area contributed by atoms with E-state index in [1.807, 2.05) is 49.4 Å². The van der Waals surface area contributed by atoms with Crippen molar-refractivity contribution in [1.29, 1.82) is 0 Å². The first-order valence-electron chi connectivity index (χ1n) is 7.56. The molecule has 0 aliphatic rings. The van der Waals surface area contributed by atoms with E-state index in [0.29, 0.717) is 13.0 Å². The SMILES string of the molecule is Cc1cc(NC(=O)CCNCCc2ccc(Cl)cc2)ccc1Br. The molecule has 2 rings (SSSR count). The molecule has 0 unspecified atom stereocenters. The lowest BCUT2D eigenvalue weighted by Gasteiger charge is -2.08. The Labute approximate surface area is 150 Å². The number of hydrogen-bond acceptors (Lipinski definition) is 2. The molecule has 0 aromatic heterocycles. The fourth-order valence-electron chi connectivity index (χ4n) is 2.16. The molecule has 0 aliphatic heterocycles. The Morgan fingerprint density at radius 1 is 1.13 bits per heavy atom. The van der Waals surface area contributed by atoms with Crippen LogP contribution in [0.15, 0.2) is 46.9 Å². The van der Waals surface area contributed by atoms with Crippen LogP contribution in [-0.2, 0) is 11.2 Å². The molecule has 0 radical (unpaired) electrons. The molecular formula is C18H20BrClN2O. The maximum atomic E-state index is 11.9. The monoisotopic (exact) mass is 394 g/mol. The largest absolute Gasteiger partial charge is 0.326 e. The molecule has 2 aromatic rings. The van der Waals surface area contributed by atoms with Crippen molar-refractivity contribution in [2.75, 3.05) is 18.4 Å². The van der Waals surface area contributed by atoms with Gasteiger partial charge in [-0.15, -0.1) is 0 Å². The highest BCUT2D eigenvalue weighted by atomic mass is 79.9. The molecule has 3 nitrogen and oxygen atoms in total. The minimum absolute atomic E-state index is 0.0192. The number of anilines is 1. The van der Waals surface area contributed by atoms with Gasteiger partial charge in [0.15, 0.2) is 0 Å². The van der Waals surface area contributed by atoms with E-state index >= 15 is 0 Å². The Balaban J connectivity index is 1.64. The zero-order valence-electron chi connectivity index (χ0n) is 13.0. The molecule has 2 aromatic carbocycles. The molecule has 2 N–H and O–H groups in total. The van der Waals surface area contributed by atoms with Gasteiger partial charge in [-0.05, 0) is 61.3 Å². The van der Waals surface area contributed by atoms with Crippen LogP contribution in [0.25, 0.3) is 0 Å². The van der Waals surface area contributed by atoms with Gasteiger partial charge >= 0.3 is 0 Å². The fourth-order valence-corrected chi connectivity index (χ4v) is 2.53. The molecular weight excluding hydrogens is 376 g/mol. The maximum absolute atomic E-state index is 11.9. The average molecular weight is 396 g/mol. The van der Waals surface area contributed by atoms with Crippen molar-refractivity contribution in [2.45, 2.75) is 19.8 Å². The van der Waals surface area contributed by atoms with Crippen molar-refractivity contribution in [3.8, 4) is 0 Å². The molecule has 0 aliphatic carbocycles. The number of nitrogens with one attached hydrogen (secondary N) is 2. The van der Waals surface area contributed by atoms with Gasteiger partial charge in [0.1, 0.15) is 0 Å². The number of amides is 1. The molecule has 122 valence electrons. The van der Waals surface area contributed by atoms with Gasteiger partial charge in [-0.1, -0.05) is 39.7 Å². The van der Waals surface area contributed by atoms with E-state index in [9.17, 15) is 4.79 Å². The van der Waals surface area contributed by atoms with Gasteiger partial charge < -0.3 is 10.6 Å². The predicted octanol–water partition coefficient (Wildman–Crippen LogP) is 4.57. The molecule has 0 bridgehead atoms. The molecule has 0 spiro atoms. The van der Waals surface area contributed by atoms with Crippen molar-refractivity contribution in [3.05, 3.63) is 63.1 Å². The minimum atomic E-state index is 0.0192. The molecule has 0 saturated heterocycles. The van der Waals surface area contributed by atoms with Crippen LogP contribution < -0.4 is 10.6 Å². The highest BCUT2D eigenvalue weighted by Gasteiger charge is 2.03. The summed E-state index contributed by atoms with van der Waals surface area (Å²) in [5.41, 5.74) is 3.16. The molecule has 0 heterocycles. The van der Waals surface area contributed by atoms with E-state index in [1.54, 1.807) is 0 Å². The minimum Gasteiger partial charge on any atom is -0.326 e. The first kappa shape index (κ1) is 18.0. The van der Waals surface area contributed by atoms with Crippen molar-refractivity contribution in [1.82, 2.24) is 5.32 Å². The van der Waals surface area contributed by atoms with Crippen LogP contribution >= 0.6 is 27.5 Å². The van der Waals surface area contributed by atoms with Gasteiger partial charge in [-0.25, -0.2) is 0 Å². The summed E-state index contributed by atoms with van der Waals surface area (Å²) < 4.78 is 1.04. The van der Waals surface area contributed by atoms with Gasteiger partial charge in [-0.2, -0.15) is 0 Å². The van der Waals surface area contributed by atoms with Crippen LogP contribution in [0, 0.1) is 6.92 Å². The lowest BCUT2D eigenvalue weighted by atomic mass is 10.1. The molecule has 0 fully saturated rings. The lowest BCUT2D eigenvalue weighted by Crippen LogP contribution is -2.23. The Hall–Kier alpha value is -1.36. The third kappa shape index (κ3) is 6.34. The summed E-state index contributed by atoms with van der Waals surface area (Å²) in [5.74, 6) is 0.0192. The van der Waals surface area contributed by atoms with Gasteiger partial charge in [-0.3, -0.25) is 4.79 Å². The van der Waals surface area contributed by atoms with Gasteiger partial charge in [0.2, 0.25) is 5.91 Å². The third-order valence-corrected chi connectivity index (χ3v) is 4.62. The fraction of sp³-hybridized carbons (Fsp3) is 0.278. The third-order valence-electron chi connectivity index (χ3n) is 3.47. The predicted molar refractivity (Wildman–Crippen MR) is 100 cm³/mol. The Bertz CT molecular complexity index is 659. The number of benzene rings is 2. The second kappa shape index (κ2) is 9.06. The summed E-state index contributed by atoms with van der Waals surface area (Å²) in [6.07, 6.45) is 1.38. The van der Waals surface area contributed by atoms with Crippen LogP contribution in [0.1, 0.15) is 17.5 Å². The number of hydrogen-bond donors (Lipinski definition) is 2. The van der Waals surface area contributed by atoms with Crippen LogP contribution in [0.5, 0.6) is 0 Å². The van der Waals surface area contributed by atoms with Crippen molar-refractivity contribution >= 4 is 39.1 Å². The second-order valence-electron chi connectivity index (χ2n) is 5.39. The smallest absolute Gasteiger partial charge is 0.225 e. The van der Waals surface area contributed by atoms with E-state index in [-0.39, 0.29) is 5.91 Å². The van der Waals surface area contributed by atoms with E-state index in [2.05, 4.69) is 26.6 Å². The zero-order chi connectivity index (χ0) is 16.7. The number of carbonyl (C=O) groups excluding carboxylic acids is 1. The normalized spacial score (nSPS) is 10.6. The highest BCUT2D eigenvalue weighted by molar-refractivity contribution is 9.10. The number of rotatable bonds is 7. The Morgan fingerprint density at radius 2 is 1.87 bits per heavy atom. The van der Waals surface area contributed by atoms with Gasteiger partial charge in [0.05, 0.1) is 0 Å². The molecule has 0 atom stereocenters. The first-order valence-corrected chi connectivity index (χ1v) is 8.73. The van der Waals surface area contributed by atoms with E-state index in [4.69, 9.17) is 11.6 Å². The summed E-state index contributed by atoms with van der Waals surface area (Å²) in [6.45, 7) is 3.50.